The molecule has 2 aromatic rings. The van der Waals surface area contributed by atoms with Crippen molar-refractivity contribution in [1.29, 1.82) is 0 Å². The fraction of sp³-hybridized carbons (Fsp3) is 0.533. The van der Waals surface area contributed by atoms with E-state index in [1.165, 1.54) is 10.6 Å². The number of rotatable bonds is 3. The van der Waals surface area contributed by atoms with E-state index < -0.39 is 10.0 Å². The highest BCUT2D eigenvalue weighted by Gasteiger charge is 2.24. The van der Waals surface area contributed by atoms with Crippen LogP contribution < -0.4 is 4.90 Å². The van der Waals surface area contributed by atoms with Crippen molar-refractivity contribution in [3.63, 3.8) is 0 Å². The summed E-state index contributed by atoms with van der Waals surface area (Å²) in [5, 5.41) is 13.1. The van der Waals surface area contributed by atoms with Crippen molar-refractivity contribution < 1.29 is 8.42 Å². The molecule has 0 atom stereocenters. The zero-order valence-corrected chi connectivity index (χ0v) is 15.2. The number of piperazine rings is 1. The Kier molecular flexibility index (Phi) is 4.31. The molecule has 1 fully saturated rings. The minimum atomic E-state index is -3.12. The van der Waals surface area contributed by atoms with Crippen molar-refractivity contribution in [3.05, 3.63) is 29.1 Å². The van der Waals surface area contributed by atoms with Crippen LogP contribution in [-0.2, 0) is 10.0 Å². The van der Waals surface area contributed by atoms with Crippen LogP contribution >= 0.6 is 0 Å². The minimum Gasteiger partial charge on any atom is -0.352 e. The summed E-state index contributed by atoms with van der Waals surface area (Å²) in [6, 6.07) is 3.80. The molecule has 0 saturated carbocycles. The van der Waals surface area contributed by atoms with Gasteiger partial charge in [0.05, 0.1) is 11.9 Å². The van der Waals surface area contributed by atoms with Gasteiger partial charge in [-0.1, -0.05) is 0 Å². The summed E-state index contributed by atoms with van der Waals surface area (Å²) in [5.41, 5.74) is 3.18. The van der Waals surface area contributed by atoms with Crippen LogP contribution in [0.5, 0.6) is 0 Å². The predicted octanol–water partition coefficient (Wildman–Crippen LogP) is 0.669. The molecule has 3 heterocycles. The Bertz CT molecular complexity index is 836. The summed E-state index contributed by atoms with van der Waals surface area (Å²) in [7, 11) is -3.12. The quantitative estimate of drug-likeness (QED) is 0.809. The lowest BCUT2D eigenvalue weighted by Crippen LogP contribution is -2.48. The molecule has 9 heteroatoms. The first-order valence-corrected chi connectivity index (χ1v) is 9.69. The first kappa shape index (κ1) is 16.8. The Morgan fingerprint density at radius 2 is 1.54 bits per heavy atom. The molecule has 1 aliphatic rings. The van der Waals surface area contributed by atoms with Crippen molar-refractivity contribution in [2.45, 2.75) is 20.8 Å². The van der Waals surface area contributed by atoms with Gasteiger partial charge in [0, 0.05) is 31.9 Å². The normalized spacial score (nSPS) is 16.6. The first-order valence-electron chi connectivity index (χ1n) is 7.84. The smallest absolute Gasteiger partial charge is 0.211 e. The summed E-state index contributed by atoms with van der Waals surface area (Å²) in [5.74, 6) is 1.44. The topological polar surface area (TPSA) is 84.2 Å². The minimum absolute atomic E-state index is 0.471. The van der Waals surface area contributed by atoms with Crippen LogP contribution in [0.15, 0.2) is 12.1 Å². The van der Waals surface area contributed by atoms with Gasteiger partial charge in [-0.25, -0.2) is 13.1 Å². The summed E-state index contributed by atoms with van der Waals surface area (Å²) >= 11 is 0. The van der Waals surface area contributed by atoms with Gasteiger partial charge in [-0.15, -0.1) is 10.2 Å². The van der Waals surface area contributed by atoms with Gasteiger partial charge in [-0.2, -0.15) is 9.40 Å². The Hall–Kier alpha value is -2.00. The zero-order chi connectivity index (χ0) is 17.5. The van der Waals surface area contributed by atoms with E-state index in [0.717, 1.165) is 22.8 Å². The monoisotopic (exact) mass is 350 g/mol. The lowest BCUT2D eigenvalue weighted by molar-refractivity contribution is 0.386. The molecule has 1 aliphatic heterocycles. The Morgan fingerprint density at radius 3 is 2.00 bits per heavy atom. The van der Waals surface area contributed by atoms with Crippen LogP contribution in [0.25, 0.3) is 5.82 Å². The molecular weight excluding hydrogens is 328 g/mol. The van der Waals surface area contributed by atoms with E-state index in [1.807, 2.05) is 37.8 Å². The SMILES string of the molecule is Cc1nn(-c2ccc(N3CCN(S(C)(=O)=O)CC3)nn2)c(C)c1C. The van der Waals surface area contributed by atoms with Crippen molar-refractivity contribution in [2.75, 3.05) is 37.3 Å². The molecule has 8 nitrogen and oxygen atoms in total. The molecule has 130 valence electrons. The Labute approximate surface area is 142 Å². The molecule has 24 heavy (non-hydrogen) atoms. The molecule has 1 saturated heterocycles. The molecular formula is C15H22N6O2S. The predicted molar refractivity (Wildman–Crippen MR) is 92.0 cm³/mol. The van der Waals surface area contributed by atoms with Crippen molar-refractivity contribution in [2.24, 2.45) is 0 Å². The van der Waals surface area contributed by atoms with Gasteiger partial charge in [-0.3, -0.25) is 0 Å². The fourth-order valence-electron chi connectivity index (χ4n) is 2.79. The average Bonchev–Trinajstić information content (AvgIpc) is 2.82. The largest absolute Gasteiger partial charge is 0.352 e. The molecule has 0 amide bonds. The molecule has 0 N–H and O–H groups in total. The number of hydrogen-bond acceptors (Lipinski definition) is 6. The van der Waals surface area contributed by atoms with E-state index in [-0.39, 0.29) is 0 Å². The standard InChI is InChI=1S/C15H22N6O2S/c1-11-12(2)18-21(13(11)3)15-6-5-14(16-17-15)19-7-9-20(10-8-19)24(4,22)23/h5-6H,7-10H2,1-4H3. The lowest BCUT2D eigenvalue weighted by Gasteiger charge is -2.33. The highest BCUT2D eigenvalue weighted by molar-refractivity contribution is 7.88. The van der Waals surface area contributed by atoms with Crippen LogP contribution in [0.2, 0.25) is 0 Å². The second-order valence-corrected chi connectivity index (χ2v) is 8.09. The molecule has 3 rings (SSSR count). The number of nitrogens with zero attached hydrogens (tertiary/aromatic N) is 6. The van der Waals surface area contributed by atoms with Gasteiger partial charge < -0.3 is 4.90 Å². The van der Waals surface area contributed by atoms with Crippen molar-refractivity contribution in [3.8, 4) is 5.82 Å². The van der Waals surface area contributed by atoms with Gasteiger partial charge in [0.2, 0.25) is 10.0 Å². The molecule has 2 aromatic heterocycles. The zero-order valence-electron chi connectivity index (χ0n) is 14.4. The van der Waals surface area contributed by atoms with Gasteiger partial charge in [0.15, 0.2) is 11.6 Å². The third-order valence-corrected chi connectivity index (χ3v) is 5.84. The number of hydrogen-bond donors (Lipinski definition) is 0. The van der Waals surface area contributed by atoms with Gasteiger partial charge in [-0.05, 0) is 38.5 Å². The summed E-state index contributed by atoms with van der Waals surface area (Å²) in [4.78, 5) is 2.05. The molecule has 0 unspecified atom stereocenters. The number of aromatic nitrogens is 4. The number of anilines is 1. The molecule has 0 aliphatic carbocycles. The highest BCUT2D eigenvalue weighted by atomic mass is 32.2. The van der Waals surface area contributed by atoms with Crippen LogP contribution in [0.1, 0.15) is 17.0 Å². The van der Waals surface area contributed by atoms with Gasteiger partial charge in [0.1, 0.15) is 0 Å². The second-order valence-electron chi connectivity index (χ2n) is 6.11. The second kappa shape index (κ2) is 6.14. The fourth-order valence-corrected chi connectivity index (χ4v) is 3.62. The Morgan fingerprint density at radius 1 is 0.958 bits per heavy atom. The van der Waals surface area contributed by atoms with Gasteiger partial charge >= 0.3 is 0 Å². The highest BCUT2D eigenvalue weighted by Crippen LogP contribution is 2.18. The molecule has 0 spiro atoms. The van der Waals surface area contributed by atoms with Crippen LogP contribution in [0.4, 0.5) is 5.82 Å². The van der Waals surface area contributed by atoms with Crippen LogP contribution in [0, 0.1) is 20.8 Å². The van der Waals surface area contributed by atoms with Crippen LogP contribution in [0.3, 0.4) is 0 Å². The van der Waals surface area contributed by atoms with Crippen LogP contribution in [-0.4, -0.2) is 65.1 Å². The van der Waals surface area contributed by atoms with Crippen molar-refractivity contribution >= 4 is 15.8 Å². The van der Waals surface area contributed by atoms with E-state index in [4.69, 9.17) is 0 Å². The maximum Gasteiger partial charge on any atom is 0.211 e. The lowest BCUT2D eigenvalue weighted by atomic mass is 10.2. The summed E-state index contributed by atoms with van der Waals surface area (Å²) < 4.78 is 26.4. The van der Waals surface area contributed by atoms with Gasteiger partial charge in [0.25, 0.3) is 0 Å². The maximum atomic E-state index is 11.6. The average molecular weight is 350 g/mol. The third-order valence-electron chi connectivity index (χ3n) is 4.54. The van der Waals surface area contributed by atoms with Crippen molar-refractivity contribution in [1.82, 2.24) is 24.3 Å². The summed E-state index contributed by atoms with van der Waals surface area (Å²) in [6.45, 7) is 8.19. The van der Waals surface area contributed by atoms with E-state index in [0.29, 0.717) is 32.0 Å². The molecule has 0 radical (unpaired) electrons. The van der Waals surface area contributed by atoms with E-state index >= 15 is 0 Å². The van der Waals surface area contributed by atoms with E-state index in [1.54, 1.807) is 4.68 Å². The molecule has 0 bridgehead atoms. The van der Waals surface area contributed by atoms with E-state index in [9.17, 15) is 8.42 Å². The van der Waals surface area contributed by atoms with E-state index in [2.05, 4.69) is 15.3 Å². The Balaban J connectivity index is 1.75. The maximum absolute atomic E-state index is 11.6. The summed E-state index contributed by atoms with van der Waals surface area (Å²) in [6.07, 6.45) is 1.24. The first-order chi connectivity index (χ1) is 11.3. The molecule has 0 aromatic carbocycles. The number of sulfonamides is 1. The third kappa shape index (κ3) is 3.13. The number of aryl methyl sites for hydroxylation is 1.